The summed E-state index contributed by atoms with van der Waals surface area (Å²) in [4.78, 5) is 22.1. The molecule has 0 saturated carbocycles. The van der Waals surface area contributed by atoms with Crippen molar-refractivity contribution in [3.63, 3.8) is 0 Å². The molecule has 3 heterocycles. The van der Waals surface area contributed by atoms with Crippen molar-refractivity contribution in [2.24, 2.45) is 0 Å². The van der Waals surface area contributed by atoms with E-state index < -0.39 is 6.17 Å². The molecule has 2 amide bonds. The molecule has 0 spiro atoms. The first kappa shape index (κ1) is 15.8. The van der Waals surface area contributed by atoms with Crippen molar-refractivity contribution in [3.8, 4) is 0 Å². The van der Waals surface area contributed by atoms with Crippen molar-refractivity contribution in [2.45, 2.75) is 25.2 Å². The molecule has 3 rings (SSSR count). The Balaban J connectivity index is 1.50. The fraction of sp³-hybridized carbons (Fsp3) is 0.400. The van der Waals surface area contributed by atoms with Gasteiger partial charge in [-0.1, -0.05) is 0 Å². The summed E-state index contributed by atoms with van der Waals surface area (Å²) in [7, 11) is 0. The topological polar surface area (TPSA) is 70.2 Å². The molecule has 6 nitrogen and oxygen atoms in total. The summed E-state index contributed by atoms with van der Waals surface area (Å²) < 4.78 is 13.7. The van der Waals surface area contributed by atoms with Crippen molar-refractivity contribution >= 4 is 23.1 Å². The Hall–Kier alpha value is -2.06. The van der Waals surface area contributed by atoms with E-state index >= 15 is 0 Å². The van der Waals surface area contributed by atoms with E-state index in [1.165, 1.54) is 0 Å². The molecule has 2 aromatic rings. The molecule has 1 fully saturated rings. The minimum absolute atomic E-state index is 0.0199. The molecule has 2 N–H and O–H groups in total. The molecule has 2 aromatic heterocycles. The van der Waals surface area contributed by atoms with E-state index in [4.69, 9.17) is 0 Å². The van der Waals surface area contributed by atoms with Gasteiger partial charge in [-0.05, 0) is 18.6 Å². The molecule has 0 bridgehead atoms. The largest absolute Gasteiger partial charge is 0.336 e. The average molecular weight is 335 g/mol. The lowest BCUT2D eigenvalue weighted by molar-refractivity contribution is 0.224. The first-order valence-corrected chi connectivity index (χ1v) is 8.30. The van der Waals surface area contributed by atoms with E-state index in [-0.39, 0.29) is 12.1 Å². The number of aromatic nitrogens is 2. The van der Waals surface area contributed by atoms with Crippen LogP contribution in [0.4, 0.5) is 14.9 Å². The summed E-state index contributed by atoms with van der Waals surface area (Å²) in [5.74, 6) is 0. The number of anilines is 1. The summed E-state index contributed by atoms with van der Waals surface area (Å²) in [6.07, 6.45) is 4.53. The van der Waals surface area contributed by atoms with Crippen molar-refractivity contribution in [1.82, 2.24) is 20.2 Å². The normalized spacial score (nSPS) is 21.3. The van der Waals surface area contributed by atoms with E-state index in [0.717, 1.165) is 5.01 Å². The van der Waals surface area contributed by atoms with Crippen LogP contribution in [-0.4, -0.2) is 46.2 Å². The molecule has 1 saturated heterocycles. The lowest BCUT2D eigenvalue weighted by Crippen LogP contribution is -2.41. The number of urea groups is 1. The lowest BCUT2D eigenvalue weighted by Gasteiger charge is -2.23. The number of hydrogen-bond acceptors (Lipinski definition) is 5. The van der Waals surface area contributed by atoms with Gasteiger partial charge < -0.3 is 10.6 Å². The Morgan fingerprint density at radius 1 is 1.48 bits per heavy atom. The van der Waals surface area contributed by atoms with Crippen LogP contribution >= 0.6 is 11.3 Å². The second kappa shape index (κ2) is 7.47. The summed E-state index contributed by atoms with van der Waals surface area (Å²) in [5, 5.41) is 8.37. The maximum atomic E-state index is 13.7. The number of hydrogen-bond donors (Lipinski definition) is 2. The molecule has 0 aliphatic carbocycles. The first-order valence-electron chi connectivity index (χ1n) is 7.42. The highest BCUT2D eigenvalue weighted by Crippen LogP contribution is 2.23. The number of halogens is 1. The number of thiazole rings is 1. The molecule has 1 aliphatic rings. The second-order valence-electron chi connectivity index (χ2n) is 5.42. The number of alkyl halides is 1. The standard InChI is InChI=1S/C15H18FN5OS/c16-11-6-13(21(9-11)10-14-18-4-5-23-14)8-19-15(22)20-12-2-1-3-17-7-12/h1-5,7,11,13H,6,8-10H2,(H2,19,20,22)/t11-,13-/m0/s1. The minimum Gasteiger partial charge on any atom is -0.336 e. The first-order chi connectivity index (χ1) is 11.2. The zero-order valence-electron chi connectivity index (χ0n) is 12.5. The molecule has 8 heteroatoms. The highest BCUT2D eigenvalue weighted by molar-refractivity contribution is 7.09. The number of carbonyl (C=O) groups excluding carboxylic acids is 1. The second-order valence-corrected chi connectivity index (χ2v) is 6.40. The van der Waals surface area contributed by atoms with E-state index in [2.05, 4.69) is 20.6 Å². The predicted molar refractivity (Wildman–Crippen MR) is 87.1 cm³/mol. The number of pyridine rings is 1. The molecule has 0 unspecified atom stereocenters. The fourth-order valence-electron chi connectivity index (χ4n) is 2.66. The molecular weight excluding hydrogens is 317 g/mol. The smallest absolute Gasteiger partial charge is 0.319 e. The van der Waals surface area contributed by atoms with Gasteiger partial charge in [0.1, 0.15) is 11.2 Å². The summed E-state index contributed by atoms with van der Waals surface area (Å²) >= 11 is 1.56. The number of nitrogens with zero attached hydrogens (tertiary/aromatic N) is 3. The van der Waals surface area contributed by atoms with Crippen LogP contribution in [0.3, 0.4) is 0 Å². The van der Waals surface area contributed by atoms with E-state index in [1.807, 2.05) is 10.3 Å². The van der Waals surface area contributed by atoms with Crippen LogP contribution in [0.15, 0.2) is 36.1 Å². The van der Waals surface area contributed by atoms with Crippen LogP contribution in [0.5, 0.6) is 0 Å². The highest BCUT2D eigenvalue weighted by Gasteiger charge is 2.32. The number of carbonyl (C=O) groups is 1. The quantitative estimate of drug-likeness (QED) is 0.879. The van der Waals surface area contributed by atoms with E-state index in [1.54, 1.807) is 42.1 Å². The van der Waals surface area contributed by atoms with Gasteiger partial charge >= 0.3 is 6.03 Å². The van der Waals surface area contributed by atoms with Gasteiger partial charge in [0.15, 0.2) is 0 Å². The van der Waals surface area contributed by atoms with Gasteiger partial charge in [0.25, 0.3) is 0 Å². The van der Waals surface area contributed by atoms with Crippen LogP contribution in [-0.2, 0) is 6.54 Å². The van der Waals surface area contributed by atoms with Crippen LogP contribution in [0.1, 0.15) is 11.4 Å². The predicted octanol–water partition coefficient (Wildman–Crippen LogP) is 2.27. The Morgan fingerprint density at radius 2 is 2.39 bits per heavy atom. The summed E-state index contributed by atoms with van der Waals surface area (Å²) in [6.45, 7) is 1.41. The number of amides is 2. The third-order valence-electron chi connectivity index (χ3n) is 3.72. The minimum atomic E-state index is -0.858. The van der Waals surface area contributed by atoms with Gasteiger partial charge in [-0.25, -0.2) is 14.2 Å². The molecule has 23 heavy (non-hydrogen) atoms. The molecule has 2 atom stereocenters. The Kier molecular flexibility index (Phi) is 5.14. The lowest BCUT2D eigenvalue weighted by atomic mass is 10.2. The Bertz CT molecular complexity index is 624. The van der Waals surface area contributed by atoms with Gasteiger partial charge in [0, 0.05) is 36.9 Å². The fourth-order valence-corrected chi connectivity index (χ4v) is 3.30. The molecular formula is C15H18FN5OS. The van der Waals surface area contributed by atoms with Crippen LogP contribution in [0.25, 0.3) is 0 Å². The zero-order valence-corrected chi connectivity index (χ0v) is 13.3. The van der Waals surface area contributed by atoms with Crippen molar-refractivity contribution in [2.75, 3.05) is 18.4 Å². The molecule has 122 valence electrons. The van der Waals surface area contributed by atoms with E-state index in [0.29, 0.717) is 31.7 Å². The maximum Gasteiger partial charge on any atom is 0.319 e. The van der Waals surface area contributed by atoms with Gasteiger partial charge in [0.2, 0.25) is 0 Å². The molecule has 1 aliphatic heterocycles. The van der Waals surface area contributed by atoms with Gasteiger partial charge in [-0.2, -0.15) is 0 Å². The highest BCUT2D eigenvalue weighted by atomic mass is 32.1. The third-order valence-corrected chi connectivity index (χ3v) is 4.48. The molecule has 0 radical (unpaired) electrons. The number of nitrogens with one attached hydrogen (secondary N) is 2. The number of rotatable bonds is 5. The SMILES string of the molecule is O=C(NC[C@@H]1C[C@H](F)CN1Cc1nccs1)Nc1cccnc1. The van der Waals surface area contributed by atoms with Crippen LogP contribution in [0.2, 0.25) is 0 Å². The van der Waals surface area contributed by atoms with Crippen molar-refractivity contribution < 1.29 is 9.18 Å². The summed E-state index contributed by atoms with van der Waals surface area (Å²) in [6, 6.07) is 3.17. The van der Waals surface area contributed by atoms with Crippen molar-refractivity contribution in [3.05, 3.63) is 41.1 Å². The van der Waals surface area contributed by atoms with Gasteiger partial charge in [-0.15, -0.1) is 11.3 Å². The third kappa shape index (κ3) is 4.46. The zero-order chi connectivity index (χ0) is 16.1. The van der Waals surface area contributed by atoms with Gasteiger partial charge in [0.05, 0.1) is 18.4 Å². The Labute approximate surface area is 137 Å². The summed E-state index contributed by atoms with van der Waals surface area (Å²) in [5.41, 5.74) is 0.624. The van der Waals surface area contributed by atoms with Crippen molar-refractivity contribution in [1.29, 1.82) is 0 Å². The maximum absolute atomic E-state index is 13.7. The monoisotopic (exact) mass is 335 g/mol. The van der Waals surface area contributed by atoms with Crippen LogP contribution < -0.4 is 10.6 Å². The van der Waals surface area contributed by atoms with E-state index in [9.17, 15) is 9.18 Å². The molecule has 0 aromatic carbocycles. The Morgan fingerprint density at radius 3 is 3.13 bits per heavy atom. The van der Waals surface area contributed by atoms with Gasteiger partial charge in [-0.3, -0.25) is 9.88 Å². The van der Waals surface area contributed by atoms with Crippen LogP contribution in [0, 0.1) is 0 Å². The number of likely N-dealkylation sites (tertiary alicyclic amines) is 1. The average Bonchev–Trinajstić information content (AvgIpc) is 3.16.